The van der Waals surface area contributed by atoms with Gasteiger partial charge in [-0.05, 0) is 48.9 Å². The van der Waals surface area contributed by atoms with Crippen molar-refractivity contribution < 1.29 is 9.18 Å². The molecule has 19 heavy (non-hydrogen) atoms. The average Bonchev–Trinajstić information content (AvgIpc) is 2.39. The Balaban J connectivity index is 2.13. The van der Waals surface area contributed by atoms with E-state index in [2.05, 4.69) is 5.32 Å². The fraction of sp³-hybridized carbons (Fsp3) is 0.133. The zero-order chi connectivity index (χ0) is 13.7. The Kier molecular flexibility index (Phi) is 4.26. The lowest BCUT2D eigenvalue weighted by Crippen LogP contribution is -2.12. The number of hydrogen-bond acceptors (Lipinski definition) is 2. The largest absolute Gasteiger partial charge is 0.330 e. The number of amides is 1. The lowest BCUT2D eigenvalue weighted by atomic mass is 10.1. The molecule has 1 amide bonds. The minimum atomic E-state index is -0.380. The van der Waals surface area contributed by atoms with E-state index in [0.29, 0.717) is 17.8 Å². The smallest absolute Gasteiger partial charge is 0.255 e. The molecule has 0 fully saturated rings. The van der Waals surface area contributed by atoms with Crippen LogP contribution in [0.25, 0.3) is 0 Å². The topological polar surface area (TPSA) is 55.1 Å². The van der Waals surface area contributed by atoms with Crippen LogP contribution in [0.4, 0.5) is 10.1 Å². The van der Waals surface area contributed by atoms with Crippen molar-refractivity contribution in [3.8, 4) is 0 Å². The van der Waals surface area contributed by atoms with Gasteiger partial charge in [-0.25, -0.2) is 4.39 Å². The van der Waals surface area contributed by atoms with Crippen molar-refractivity contribution in [1.29, 1.82) is 0 Å². The summed E-state index contributed by atoms with van der Waals surface area (Å²) in [5, 5.41) is 2.66. The van der Waals surface area contributed by atoms with Crippen molar-refractivity contribution in [2.45, 2.75) is 6.42 Å². The molecule has 0 unspecified atom stereocenters. The van der Waals surface area contributed by atoms with E-state index in [9.17, 15) is 9.18 Å². The van der Waals surface area contributed by atoms with E-state index in [1.165, 1.54) is 12.1 Å². The third kappa shape index (κ3) is 3.63. The second kappa shape index (κ2) is 6.11. The van der Waals surface area contributed by atoms with Crippen LogP contribution in [0.1, 0.15) is 15.9 Å². The highest BCUT2D eigenvalue weighted by Gasteiger charge is 2.07. The van der Waals surface area contributed by atoms with Crippen molar-refractivity contribution in [2.24, 2.45) is 5.73 Å². The molecule has 3 nitrogen and oxygen atoms in total. The quantitative estimate of drug-likeness (QED) is 0.885. The second-order valence-corrected chi connectivity index (χ2v) is 4.20. The molecule has 4 heteroatoms. The number of benzene rings is 2. The van der Waals surface area contributed by atoms with E-state index in [1.807, 2.05) is 12.1 Å². The molecule has 0 aliphatic rings. The summed E-state index contributed by atoms with van der Waals surface area (Å²) in [7, 11) is 0. The number of rotatable bonds is 4. The van der Waals surface area contributed by atoms with Gasteiger partial charge in [-0.1, -0.05) is 18.2 Å². The third-order valence-electron chi connectivity index (χ3n) is 2.70. The minimum absolute atomic E-state index is 0.260. The summed E-state index contributed by atoms with van der Waals surface area (Å²) in [5.41, 5.74) is 7.47. The minimum Gasteiger partial charge on any atom is -0.330 e. The number of carbonyl (C=O) groups is 1. The molecular formula is C15H15FN2O. The van der Waals surface area contributed by atoms with Gasteiger partial charge < -0.3 is 11.1 Å². The maximum absolute atomic E-state index is 13.0. The number of halogens is 1. The number of anilines is 1. The zero-order valence-electron chi connectivity index (χ0n) is 10.4. The summed E-state index contributed by atoms with van der Waals surface area (Å²) >= 11 is 0. The SMILES string of the molecule is NCCc1cccc(C(=O)Nc2cccc(F)c2)c1. The molecular weight excluding hydrogens is 243 g/mol. The molecule has 0 saturated carbocycles. The molecule has 0 bridgehead atoms. The first-order valence-corrected chi connectivity index (χ1v) is 6.05. The predicted octanol–water partition coefficient (Wildman–Crippen LogP) is 2.58. The monoisotopic (exact) mass is 258 g/mol. The summed E-state index contributed by atoms with van der Waals surface area (Å²) in [5.74, 6) is -0.640. The molecule has 0 aliphatic heterocycles. The van der Waals surface area contributed by atoms with Gasteiger partial charge in [-0.15, -0.1) is 0 Å². The molecule has 0 spiro atoms. The van der Waals surface area contributed by atoms with Crippen molar-refractivity contribution in [3.63, 3.8) is 0 Å². The average molecular weight is 258 g/mol. The van der Waals surface area contributed by atoms with Crippen LogP contribution in [-0.4, -0.2) is 12.5 Å². The first-order valence-electron chi connectivity index (χ1n) is 6.05. The van der Waals surface area contributed by atoms with Crippen LogP contribution < -0.4 is 11.1 Å². The van der Waals surface area contributed by atoms with Crippen molar-refractivity contribution in [1.82, 2.24) is 0 Å². The lowest BCUT2D eigenvalue weighted by Gasteiger charge is -2.06. The van der Waals surface area contributed by atoms with Crippen LogP contribution in [0.3, 0.4) is 0 Å². The summed E-state index contributed by atoms with van der Waals surface area (Å²) < 4.78 is 13.0. The molecule has 0 saturated heterocycles. The fourth-order valence-electron chi connectivity index (χ4n) is 1.80. The maximum atomic E-state index is 13.0. The summed E-state index contributed by atoms with van der Waals surface area (Å²) in [4.78, 5) is 12.0. The van der Waals surface area contributed by atoms with Gasteiger partial charge in [-0.3, -0.25) is 4.79 Å². The molecule has 0 heterocycles. The van der Waals surface area contributed by atoms with Crippen LogP contribution in [-0.2, 0) is 6.42 Å². The molecule has 0 atom stereocenters. The lowest BCUT2D eigenvalue weighted by molar-refractivity contribution is 0.102. The molecule has 0 aliphatic carbocycles. The van der Waals surface area contributed by atoms with E-state index < -0.39 is 0 Å². The Morgan fingerprint density at radius 3 is 2.68 bits per heavy atom. The highest BCUT2D eigenvalue weighted by Crippen LogP contribution is 2.12. The molecule has 2 rings (SSSR count). The third-order valence-corrected chi connectivity index (χ3v) is 2.70. The van der Waals surface area contributed by atoms with Gasteiger partial charge in [0, 0.05) is 11.3 Å². The van der Waals surface area contributed by atoms with Gasteiger partial charge >= 0.3 is 0 Å². The van der Waals surface area contributed by atoms with Crippen molar-refractivity contribution in [2.75, 3.05) is 11.9 Å². The molecule has 98 valence electrons. The molecule has 2 aromatic carbocycles. The maximum Gasteiger partial charge on any atom is 0.255 e. The number of nitrogens with one attached hydrogen (secondary N) is 1. The molecule has 0 radical (unpaired) electrons. The van der Waals surface area contributed by atoms with Gasteiger partial charge in [0.1, 0.15) is 5.82 Å². The van der Waals surface area contributed by atoms with Gasteiger partial charge in [0.2, 0.25) is 0 Å². The van der Waals surface area contributed by atoms with Gasteiger partial charge in [0.15, 0.2) is 0 Å². The first-order chi connectivity index (χ1) is 9.19. The van der Waals surface area contributed by atoms with E-state index in [4.69, 9.17) is 5.73 Å². The summed E-state index contributed by atoms with van der Waals surface area (Å²) in [6, 6.07) is 13.0. The highest BCUT2D eigenvalue weighted by molar-refractivity contribution is 6.04. The molecule has 2 aromatic rings. The number of hydrogen-bond donors (Lipinski definition) is 2. The predicted molar refractivity (Wildman–Crippen MR) is 73.6 cm³/mol. The van der Waals surface area contributed by atoms with Crippen molar-refractivity contribution >= 4 is 11.6 Å². The van der Waals surface area contributed by atoms with Crippen LogP contribution in [0.2, 0.25) is 0 Å². The van der Waals surface area contributed by atoms with E-state index >= 15 is 0 Å². The van der Waals surface area contributed by atoms with E-state index in [-0.39, 0.29) is 11.7 Å². The molecule has 0 aromatic heterocycles. The first kappa shape index (κ1) is 13.2. The van der Waals surface area contributed by atoms with Crippen LogP contribution in [0.5, 0.6) is 0 Å². The van der Waals surface area contributed by atoms with Crippen LogP contribution in [0.15, 0.2) is 48.5 Å². The Bertz CT molecular complexity index is 584. The Morgan fingerprint density at radius 1 is 1.16 bits per heavy atom. The van der Waals surface area contributed by atoms with E-state index in [1.54, 1.807) is 24.3 Å². The zero-order valence-corrected chi connectivity index (χ0v) is 10.4. The molecule has 3 N–H and O–H groups in total. The van der Waals surface area contributed by atoms with Gasteiger partial charge in [-0.2, -0.15) is 0 Å². The van der Waals surface area contributed by atoms with Crippen LogP contribution in [0, 0.1) is 5.82 Å². The fourth-order valence-corrected chi connectivity index (χ4v) is 1.80. The van der Waals surface area contributed by atoms with Crippen molar-refractivity contribution in [3.05, 3.63) is 65.5 Å². The van der Waals surface area contributed by atoms with Gasteiger partial charge in [0.05, 0.1) is 0 Å². The Morgan fingerprint density at radius 2 is 1.95 bits per heavy atom. The highest BCUT2D eigenvalue weighted by atomic mass is 19.1. The number of nitrogens with two attached hydrogens (primary N) is 1. The summed E-state index contributed by atoms with van der Waals surface area (Å²) in [6.07, 6.45) is 0.723. The van der Waals surface area contributed by atoms with Crippen LogP contribution >= 0.6 is 0 Å². The second-order valence-electron chi connectivity index (χ2n) is 4.20. The van der Waals surface area contributed by atoms with Gasteiger partial charge in [0.25, 0.3) is 5.91 Å². The Labute approximate surface area is 111 Å². The Hall–Kier alpha value is -2.20. The normalized spacial score (nSPS) is 10.2. The summed E-state index contributed by atoms with van der Waals surface area (Å²) in [6.45, 7) is 0.537. The standard InChI is InChI=1S/C15H15FN2O/c16-13-5-2-6-14(10-13)18-15(19)12-4-1-3-11(9-12)7-8-17/h1-6,9-10H,7-8,17H2,(H,18,19). The number of carbonyl (C=O) groups excluding carboxylic acids is 1. The van der Waals surface area contributed by atoms with E-state index in [0.717, 1.165) is 12.0 Å².